The standard InChI is InChI=1S/C12H18N4O2S/c1-14-19(17,18)11-4-2-3-9(7-11)8-15-12(13)16-10-5-6-10/h2-4,7,10,14H,5-6,8H2,1H3,(H3,13,15,16). The van der Waals surface area contributed by atoms with Crippen molar-refractivity contribution in [1.82, 2.24) is 10.0 Å². The zero-order chi connectivity index (χ0) is 13.9. The number of hydrogen-bond acceptors (Lipinski definition) is 3. The maximum atomic E-state index is 11.7. The molecule has 0 spiro atoms. The van der Waals surface area contributed by atoms with Gasteiger partial charge in [-0.1, -0.05) is 12.1 Å². The fraction of sp³-hybridized carbons (Fsp3) is 0.417. The van der Waals surface area contributed by atoms with Crippen LogP contribution >= 0.6 is 0 Å². The number of guanidine groups is 1. The molecule has 0 unspecified atom stereocenters. The molecule has 0 heterocycles. The molecule has 7 heteroatoms. The minimum Gasteiger partial charge on any atom is -0.370 e. The first-order valence-corrected chi connectivity index (χ1v) is 7.58. The van der Waals surface area contributed by atoms with Gasteiger partial charge in [0.05, 0.1) is 11.4 Å². The molecule has 1 aliphatic rings. The Morgan fingerprint density at radius 3 is 2.84 bits per heavy atom. The summed E-state index contributed by atoms with van der Waals surface area (Å²) in [5.41, 5.74) is 6.52. The molecular formula is C12H18N4O2S. The van der Waals surface area contributed by atoms with E-state index in [0.717, 1.165) is 18.4 Å². The molecule has 1 fully saturated rings. The summed E-state index contributed by atoms with van der Waals surface area (Å²) in [4.78, 5) is 4.42. The molecule has 1 aromatic carbocycles. The topological polar surface area (TPSA) is 96.6 Å². The van der Waals surface area contributed by atoms with E-state index in [4.69, 9.17) is 5.73 Å². The molecule has 0 atom stereocenters. The van der Waals surface area contributed by atoms with Gasteiger partial charge in [0.15, 0.2) is 5.96 Å². The van der Waals surface area contributed by atoms with Gasteiger partial charge in [0.1, 0.15) is 0 Å². The first kappa shape index (κ1) is 13.8. The minimum atomic E-state index is -3.41. The van der Waals surface area contributed by atoms with E-state index in [1.807, 2.05) is 6.07 Å². The van der Waals surface area contributed by atoms with E-state index in [0.29, 0.717) is 18.5 Å². The molecule has 19 heavy (non-hydrogen) atoms. The molecular weight excluding hydrogens is 264 g/mol. The first-order chi connectivity index (χ1) is 9.01. The Hall–Kier alpha value is -1.60. The van der Waals surface area contributed by atoms with Crippen molar-refractivity contribution < 1.29 is 8.42 Å². The molecule has 0 aliphatic heterocycles. The number of benzene rings is 1. The van der Waals surface area contributed by atoms with Gasteiger partial charge in [-0.25, -0.2) is 18.1 Å². The average molecular weight is 282 g/mol. The van der Waals surface area contributed by atoms with Gasteiger partial charge in [0.2, 0.25) is 10.0 Å². The number of nitrogens with zero attached hydrogens (tertiary/aromatic N) is 1. The monoisotopic (exact) mass is 282 g/mol. The van der Waals surface area contributed by atoms with Crippen LogP contribution in [-0.2, 0) is 16.6 Å². The van der Waals surface area contributed by atoms with Crippen molar-refractivity contribution >= 4 is 16.0 Å². The van der Waals surface area contributed by atoms with Crippen LogP contribution in [0.3, 0.4) is 0 Å². The molecule has 0 bridgehead atoms. The van der Waals surface area contributed by atoms with Gasteiger partial charge in [-0.15, -0.1) is 0 Å². The Bertz CT molecular complexity index is 579. The first-order valence-electron chi connectivity index (χ1n) is 6.10. The second-order valence-corrected chi connectivity index (χ2v) is 6.36. The highest BCUT2D eigenvalue weighted by Gasteiger charge is 2.21. The molecule has 6 nitrogen and oxygen atoms in total. The predicted molar refractivity (Wildman–Crippen MR) is 74.2 cm³/mol. The molecule has 1 aliphatic carbocycles. The fourth-order valence-electron chi connectivity index (χ4n) is 1.59. The predicted octanol–water partition coefficient (Wildman–Crippen LogP) is 0.161. The van der Waals surface area contributed by atoms with Crippen molar-refractivity contribution in [3.63, 3.8) is 0 Å². The van der Waals surface area contributed by atoms with Crippen LogP contribution in [0.2, 0.25) is 0 Å². The zero-order valence-electron chi connectivity index (χ0n) is 10.8. The normalized spacial score (nSPS) is 16.4. The summed E-state index contributed by atoms with van der Waals surface area (Å²) in [6, 6.07) is 7.12. The van der Waals surface area contributed by atoms with Crippen molar-refractivity contribution in [3.8, 4) is 0 Å². The third-order valence-electron chi connectivity index (χ3n) is 2.84. The van der Waals surface area contributed by atoms with Crippen molar-refractivity contribution in [2.75, 3.05) is 7.05 Å². The van der Waals surface area contributed by atoms with Crippen molar-refractivity contribution in [1.29, 1.82) is 0 Å². The number of aliphatic imine (C=N–C) groups is 1. The molecule has 104 valence electrons. The molecule has 0 amide bonds. The Labute approximate surface area is 113 Å². The average Bonchev–Trinajstić information content (AvgIpc) is 3.20. The largest absolute Gasteiger partial charge is 0.370 e. The molecule has 4 N–H and O–H groups in total. The molecule has 0 radical (unpaired) electrons. The third kappa shape index (κ3) is 3.93. The summed E-state index contributed by atoms with van der Waals surface area (Å²) in [7, 11) is -2.03. The van der Waals surface area contributed by atoms with Gasteiger partial charge in [-0.05, 0) is 37.6 Å². The van der Waals surface area contributed by atoms with Crippen LogP contribution in [0.5, 0.6) is 0 Å². The maximum Gasteiger partial charge on any atom is 0.240 e. The summed E-state index contributed by atoms with van der Waals surface area (Å²) >= 11 is 0. The maximum absolute atomic E-state index is 11.7. The van der Waals surface area contributed by atoms with Crippen LogP contribution in [0, 0.1) is 0 Å². The van der Waals surface area contributed by atoms with Crippen molar-refractivity contribution in [2.24, 2.45) is 10.7 Å². The third-order valence-corrected chi connectivity index (χ3v) is 4.25. The highest BCUT2D eigenvalue weighted by atomic mass is 32.2. The molecule has 0 aromatic heterocycles. The summed E-state index contributed by atoms with van der Waals surface area (Å²) in [6.45, 7) is 0.360. The van der Waals surface area contributed by atoms with Crippen LogP contribution in [0.1, 0.15) is 18.4 Å². The lowest BCUT2D eigenvalue weighted by molar-refractivity contribution is 0.588. The number of rotatable bonds is 5. The van der Waals surface area contributed by atoms with E-state index in [2.05, 4.69) is 15.0 Å². The van der Waals surface area contributed by atoms with Gasteiger partial charge >= 0.3 is 0 Å². The van der Waals surface area contributed by atoms with Crippen LogP contribution < -0.4 is 15.8 Å². The smallest absolute Gasteiger partial charge is 0.240 e. The van der Waals surface area contributed by atoms with Gasteiger partial charge in [-0.2, -0.15) is 0 Å². The lowest BCUT2D eigenvalue weighted by Crippen LogP contribution is -2.33. The van der Waals surface area contributed by atoms with Crippen molar-refractivity contribution in [2.45, 2.75) is 30.3 Å². The summed E-state index contributed by atoms with van der Waals surface area (Å²) in [6.07, 6.45) is 2.26. The lowest BCUT2D eigenvalue weighted by atomic mass is 10.2. The number of hydrogen-bond donors (Lipinski definition) is 3. The van der Waals surface area contributed by atoms with Gasteiger partial charge < -0.3 is 11.1 Å². The highest BCUT2D eigenvalue weighted by Crippen LogP contribution is 2.18. The zero-order valence-corrected chi connectivity index (χ0v) is 11.6. The van der Waals surface area contributed by atoms with Crippen LogP contribution in [0.15, 0.2) is 34.2 Å². The highest BCUT2D eigenvalue weighted by molar-refractivity contribution is 7.89. The minimum absolute atomic E-state index is 0.233. The van der Waals surface area contributed by atoms with E-state index in [1.54, 1.807) is 18.2 Å². The number of nitrogens with one attached hydrogen (secondary N) is 2. The summed E-state index contributed by atoms with van der Waals surface area (Å²) in [5.74, 6) is 0.407. The summed E-state index contributed by atoms with van der Waals surface area (Å²) < 4.78 is 25.6. The lowest BCUT2D eigenvalue weighted by Gasteiger charge is -2.05. The Morgan fingerprint density at radius 1 is 1.47 bits per heavy atom. The quantitative estimate of drug-likeness (QED) is 0.529. The Morgan fingerprint density at radius 2 is 2.21 bits per heavy atom. The van der Waals surface area contributed by atoms with Crippen LogP contribution in [-0.4, -0.2) is 27.5 Å². The Kier molecular flexibility index (Phi) is 4.06. The fourth-order valence-corrected chi connectivity index (χ4v) is 2.39. The molecule has 1 saturated carbocycles. The summed E-state index contributed by atoms with van der Waals surface area (Å²) in [5, 5.41) is 3.08. The second-order valence-electron chi connectivity index (χ2n) is 4.48. The number of sulfonamides is 1. The second kappa shape index (κ2) is 5.58. The van der Waals surface area contributed by atoms with Crippen molar-refractivity contribution in [3.05, 3.63) is 29.8 Å². The van der Waals surface area contributed by atoms with E-state index in [-0.39, 0.29) is 4.90 Å². The molecule has 2 rings (SSSR count). The Balaban J connectivity index is 2.06. The number of nitrogens with two attached hydrogens (primary N) is 1. The van der Waals surface area contributed by atoms with E-state index < -0.39 is 10.0 Å². The van der Waals surface area contributed by atoms with Gasteiger partial charge in [0.25, 0.3) is 0 Å². The van der Waals surface area contributed by atoms with E-state index in [9.17, 15) is 8.42 Å². The van der Waals surface area contributed by atoms with Crippen LogP contribution in [0.25, 0.3) is 0 Å². The van der Waals surface area contributed by atoms with Gasteiger partial charge in [-0.3, -0.25) is 0 Å². The SMILES string of the molecule is CNS(=O)(=O)c1cccc(CN=C(N)NC2CC2)c1. The molecule has 0 saturated heterocycles. The van der Waals surface area contributed by atoms with Crippen LogP contribution in [0.4, 0.5) is 0 Å². The molecule has 1 aromatic rings. The van der Waals surface area contributed by atoms with Gasteiger partial charge in [0, 0.05) is 6.04 Å². The van der Waals surface area contributed by atoms with E-state index in [1.165, 1.54) is 7.05 Å². The van der Waals surface area contributed by atoms with E-state index >= 15 is 0 Å².